The van der Waals surface area contributed by atoms with Gasteiger partial charge in [0.1, 0.15) is 5.56 Å². The standard InChI is InChI=1S/C19H29N3O2/c1-13-7-8-21(6)16(23)15(13)17(24)22-9-14-18(2,3)10-19(14,12-22)11-20(4)5/h7-8,14H,9-12H2,1-6H3/t14-,19+/m1/s1. The Hall–Kier alpha value is -1.62. The number of hydrogen-bond acceptors (Lipinski definition) is 3. The highest BCUT2D eigenvalue weighted by atomic mass is 16.2. The Morgan fingerprint density at radius 1 is 1.38 bits per heavy atom. The van der Waals surface area contributed by atoms with Gasteiger partial charge in [0.2, 0.25) is 0 Å². The molecule has 1 amide bonds. The van der Waals surface area contributed by atoms with Crippen molar-refractivity contribution in [1.29, 1.82) is 0 Å². The van der Waals surface area contributed by atoms with Crippen molar-refractivity contribution >= 4 is 5.91 Å². The number of nitrogens with zero attached hydrogens (tertiary/aromatic N) is 3. The normalized spacial score (nSPS) is 28.0. The maximum absolute atomic E-state index is 13.1. The topological polar surface area (TPSA) is 45.6 Å². The van der Waals surface area contributed by atoms with Gasteiger partial charge in [0, 0.05) is 38.3 Å². The third-order valence-electron chi connectivity index (χ3n) is 6.01. The molecule has 1 aromatic rings. The second-order valence-electron chi connectivity index (χ2n) is 8.79. The minimum Gasteiger partial charge on any atom is -0.338 e. The summed E-state index contributed by atoms with van der Waals surface area (Å²) < 4.78 is 1.49. The summed E-state index contributed by atoms with van der Waals surface area (Å²) >= 11 is 0. The molecule has 0 radical (unpaired) electrons. The average Bonchev–Trinajstić information content (AvgIpc) is 2.77. The minimum absolute atomic E-state index is 0.1000. The molecule has 2 aliphatic rings. The van der Waals surface area contributed by atoms with Crippen LogP contribution in [0.3, 0.4) is 0 Å². The molecule has 0 spiro atoms. The van der Waals surface area contributed by atoms with E-state index in [9.17, 15) is 9.59 Å². The first-order valence-electron chi connectivity index (χ1n) is 8.68. The van der Waals surface area contributed by atoms with Crippen molar-refractivity contribution in [2.75, 3.05) is 33.7 Å². The molecule has 2 fully saturated rings. The number of fused-ring (bicyclic) bond motifs is 1. The van der Waals surface area contributed by atoms with E-state index in [1.165, 1.54) is 4.57 Å². The van der Waals surface area contributed by atoms with E-state index >= 15 is 0 Å². The molecule has 0 aromatic carbocycles. The van der Waals surface area contributed by atoms with Crippen LogP contribution in [0.5, 0.6) is 0 Å². The summed E-state index contributed by atoms with van der Waals surface area (Å²) in [6.45, 7) is 8.96. The number of carbonyl (C=O) groups is 1. The van der Waals surface area contributed by atoms with Gasteiger partial charge in [0.05, 0.1) is 0 Å². The summed E-state index contributed by atoms with van der Waals surface area (Å²) in [6.07, 6.45) is 2.86. The van der Waals surface area contributed by atoms with E-state index in [4.69, 9.17) is 0 Å². The molecule has 1 aromatic heterocycles. The molecule has 0 N–H and O–H groups in total. The molecule has 1 aliphatic carbocycles. The number of hydrogen-bond donors (Lipinski definition) is 0. The monoisotopic (exact) mass is 331 g/mol. The predicted molar refractivity (Wildman–Crippen MR) is 95.2 cm³/mol. The molecule has 5 heteroatoms. The molecule has 24 heavy (non-hydrogen) atoms. The zero-order chi connectivity index (χ0) is 17.9. The van der Waals surface area contributed by atoms with Crippen molar-refractivity contribution in [1.82, 2.24) is 14.4 Å². The fraction of sp³-hybridized carbons (Fsp3) is 0.684. The van der Waals surface area contributed by atoms with Crippen LogP contribution in [0.1, 0.15) is 36.2 Å². The summed E-state index contributed by atoms with van der Waals surface area (Å²) in [7, 11) is 5.89. The van der Waals surface area contributed by atoms with Crippen molar-refractivity contribution in [2.24, 2.45) is 23.8 Å². The molecule has 2 atom stereocenters. The lowest BCUT2D eigenvalue weighted by Gasteiger charge is -2.57. The highest BCUT2D eigenvalue weighted by molar-refractivity contribution is 5.95. The van der Waals surface area contributed by atoms with Crippen molar-refractivity contribution in [2.45, 2.75) is 27.2 Å². The van der Waals surface area contributed by atoms with Crippen molar-refractivity contribution in [3.63, 3.8) is 0 Å². The van der Waals surface area contributed by atoms with Crippen LogP contribution in [0.2, 0.25) is 0 Å². The number of aryl methyl sites for hydroxylation is 2. The molecule has 3 rings (SSSR count). The summed E-state index contributed by atoms with van der Waals surface area (Å²) in [5.41, 5.74) is 1.35. The van der Waals surface area contributed by atoms with Gasteiger partial charge in [-0.1, -0.05) is 13.8 Å². The van der Waals surface area contributed by atoms with Crippen LogP contribution in [-0.4, -0.2) is 54.0 Å². The second-order valence-corrected chi connectivity index (χ2v) is 8.79. The summed E-state index contributed by atoms with van der Waals surface area (Å²) in [4.78, 5) is 29.7. The zero-order valence-electron chi connectivity index (χ0n) is 15.7. The fourth-order valence-electron chi connectivity index (χ4n) is 5.26. The SMILES string of the molecule is Cc1ccn(C)c(=O)c1C(=O)N1C[C@@H]2C(C)(C)C[C@]2(CN(C)C)C1. The molecular formula is C19H29N3O2. The van der Waals surface area contributed by atoms with Gasteiger partial charge < -0.3 is 14.4 Å². The molecule has 1 aliphatic heterocycles. The van der Waals surface area contributed by atoms with E-state index in [1.54, 1.807) is 13.2 Å². The lowest BCUT2D eigenvalue weighted by Crippen LogP contribution is -2.57. The predicted octanol–water partition coefficient (Wildman–Crippen LogP) is 1.74. The van der Waals surface area contributed by atoms with Gasteiger partial charge in [0.15, 0.2) is 0 Å². The summed E-state index contributed by atoms with van der Waals surface area (Å²) in [5.74, 6) is 0.404. The molecular weight excluding hydrogens is 302 g/mol. The number of aromatic nitrogens is 1. The van der Waals surface area contributed by atoms with Crippen LogP contribution < -0.4 is 5.56 Å². The third kappa shape index (κ3) is 2.50. The maximum Gasteiger partial charge on any atom is 0.263 e. The fourth-order valence-corrected chi connectivity index (χ4v) is 5.26. The van der Waals surface area contributed by atoms with Gasteiger partial charge in [-0.25, -0.2) is 0 Å². The Bertz CT molecular complexity index is 731. The number of carbonyl (C=O) groups excluding carboxylic acids is 1. The van der Waals surface area contributed by atoms with E-state index in [0.717, 1.165) is 31.6 Å². The van der Waals surface area contributed by atoms with E-state index in [-0.39, 0.29) is 22.3 Å². The van der Waals surface area contributed by atoms with Gasteiger partial charge in [-0.3, -0.25) is 9.59 Å². The molecule has 1 saturated carbocycles. The minimum atomic E-state index is -0.194. The molecule has 2 heterocycles. The van der Waals surface area contributed by atoms with Crippen LogP contribution in [0, 0.1) is 23.7 Å². The molecule has 0 unspecified atom stereocenters. The van der Waals surface area contributed by atoms with Crippen molar-refractivity contribution < 1.29 is 4.79 Å². The van der Waals surface area contributed by atoms with E-state index < -0.39 is 0 Å². The maximum atomic E-state index is 13.1. The lowest BCUT2D eigenvalue weighted by molar-refractivity contribution is -0.0789. The lowest BCUT2D eigenvalue weighted by atomic mass is 9.48. The van der Waals surface area contributed by atoms with Gasteiger partial charge in [0.25, 0.3) is 11.5 Å². The first-order valence-corrected chi connectivity index (χ1v) is 8.68. The Morgan fingerprint density at radius 2 is 2.04 bits per heavy atom. The van der Waals surface area contributed by atoms with Gasteiger partial charge >= 0.3 is 0 Å². The molecule has 132 valence electrons. The van der Waals surface area contributed by atoms with E-state index in [2.05, 4.69) is 32.8 Å². The quantitative estimate of drug-likeness (QED) is 0.848. The molecule has 0 bridgehead atoms. The number of rotatable bonds is 3. The molecule has 1 saturated heterocycles. The number of likely N-dealkylation sites (tertiary alicyclic amines) is 1. The number of pyridine rings is 1. The van der Waals surface area contributed by atoms with E-state index in [0.29, 0.717) is 11.5 Å². The highest BCUT2D eigenvalue weighted by Crippen LogP contribution is 2.62. The average molecular weight is 331 g/mol. The first-order chi connectivity index (χ1) is 11.1. The van der Waals surface area contributed by atoms with Crippen molar-refractivity contribution in [3.8, 4) is 0 Å². The van der Waals surface area contributed by atoms with Gasteiger partial charge in [-0.15, -0.1) is 0 Å². The third-order valence-corrected chi connectivity index (χ3v) is 6.01. The highest BCUT2D eigenvalue weighted by Gasteiger charge is 2.63. The van der Waals surface area contributed by atoms with Crippen LogP contribution >= 0.6 is 0 Å². The summed E-state index contributed by atoms with van der Waals surface area (Å²) in [5, 5.41) is 0. The zero-order valence-corrected chi connectivity index (χ0v) is 15.7. The van der Waals surface area contributed by atoms with Gasteiger partial charge in [-0.2, -0.15) is 0 Å². The first kappa shape index (κ1) is 17.2. The summed E-state index contributed by atoms with van der Waals surface area (Å²) in [6, 6.07) is 1.85. The Labute approximate surface area is 144 Å². The van der Waals surface area contributed by atoms with Crippen LogP contribution in [0.4, 0.5) is 0 Å². The Kier molecular flexibility index (Phi) is 3.91. The number of amides is 1. The smallest absolute Gasteiger partial charge is 0.263 e. The Morgan fingerprint density at radius 3 is 2.62 bits per heavy atom. The van der Waals surface area contributed by atoms with Crippen molar-refractivity contribution in [3.05, 3.63) is 33.7 Å². The van der Waals surface area contributed by atoms with Gasteiger partial charge in [-0.05, 0) is 50.4 Å². The molecule has 5 nitrogen and oxygen atoms in total. The Balaban J connectivity index is 1.91. The van der Waals surface area contributed by atoms with E-state index in [1.807, 2.05) is 17.9 Å². The second kappa shape index (κ2) is 5.45. The van der Waals surface area contributed by atoms with Crippen LogP contribution in [-0.2, 0) is 7.05 Å². The van der Waals surface area contributed by atoms with Crippen LogP contribution in [0.25, 0.3) is 0 Å². The largest absolute Gasteiger partial charge is 0.338 e. The van der Waals surface area contributed by atoms with Crippen LogP contribution in [0.15, 0.2) is 17.1 Å².